The van der Waals surface area contributed by atoms with E-state index in [9.17, 15) is 0 Å². The van der Waals surface area contributed by atoms with Gasteiger partial charge in [0.05, 0.1) is 0 Å². The zero-order valence-corrected chi connectivity index (χ0v) is 8.78. The molecule has 1 aliphatic rings. The van der Waals surface area contributed by atoms with Crippen molar-refractivity contribution < 1.29 is 0 Å². The summed E-state index contributed by atoms with van der Waals surface area (Å²) in [6.07, 6.45) is 6.20. The number of allylic oxidation sites excluding steroid dienone is 4. The monoisotopic (exact) mass is 164 g/mol. The molecular formula is C12H20. The standard InChI is InChI=1S/C12H20/c1-5-6-12-8-10(3)9(2)7-11(12)4/h8-9H,5-7H2,1-4H3. The van der Waals surface area contributed by atoms with Gasteiger partial charge in [-0.25, -0.2) is 0 Å². The first-order valence-electron chi connectivity index (χ1n) is 5.02. The molecule has 0 aromatic rings. The van der Waals surface area contributed by atoms with Gasteiger partial charge in [0.15, 0.2) is 0 Å². The highest BCUT2D eigenvalue weighted by Gasteiger charge is 2.13. The molecule has 0 amide bonds. The van der Waals surface area contributed by atoms with E-state index in [-0.39, 0.29) is 0 Å². The highest BCUT2D eigenvalue weighted by Crippen LogP contribution is 2.30. The molecule has 0 saturated carbocycles. The first-order chi connectivity index (χ1) is 5.65. The third-order valence-electron chi connectivity index (χ3n) is 2.86. The lowest BCUT2D eigenvalue weighted by Crippen LogP contribution is -2.05. The summed E-state index contributed by atoms with van der Waals surface area (Å²) in [6.45, 7) is 9.11. The van der Waals surface area contributed by atoms with Crippen LogP contribution >= 0.6 is 0 Å². The molecule has 0 aliphatic heterocycles. The Kier molecular flexibility index (Phi) is 3.13. The second-order valence-corrected chi connectivity index (χ2v) is 4.05. The van der Waals surface area contributed by atoms with E-state index in [2.05, 4.69) is 33.8 Å². The van der Waals surface area contributed by atoms with Gasteiger partial charge in [-0.15, -0.1) is 0 Å². The molecule has 1 rings (SSSR count). The van der Waals surface area contributed by atoms with Gasteiger partial charge in [-0.05, 0) is 38.2 Å². The topological polar surface area (TPSA) is 0 Å². The Bertz CT molecular complexity index is 218. The van der Waals surface area contributed by atoms with Crippen LogP contribution in [0.4, 0.5) is 0 Å². The zero-order chi connectivity index (χ0) is 9.14. The van der Waals surface area contributed by atoms with Gasteiger partial charge in [0.1, 0.15) is 0 Å². The highest BCUT2D eigenvalue weighted by molar-refractivity contribution is 5.33. The molecule has 1 unspecified atom stereocenters. The van der Waals surface area contributed by atoms with Crippen molar-refractivity contribution in [2.24, 2.45) is 5.92 Å². The predicted molar refractivity (Wildman–Crippen MR) is 55.1 cm³/mol. The van der Waals surface area contributed by atoms with Gasteiger partial charge in [-0.1, -0.05) is 37.5 Å². The van der Waals surface area contributed by atoms with Crippen LogP contribution in [0, 0.1) is 5.92 Å². The lowest BCUT2D eigenvalue weighted by Gasteiger charge is -2.21. The van der Waals surface area contributed by atoms with Gasteiger partial charge in [0.2, 0.25) is 0 Å². The Morgan fingerprint density at radius 2 is 2.08 bits per heavy atom. The van der Waals surface area contributed by atoms with E-state index in [4.69, 9.17) is 0 Å². The second-order valence-electron chi connectivity index (χ2n) is 4.05. The third kappa shape index (κ3) is 2.00. The average molecular weight is 164 g/mol. The maximum atomic E-state index is 2.40. The quantitative estimate of drug-likeness (QED) is 0.576. The smallest absolute Gasteiger partial charge is 0.0194 e. The van der Waals surface area contributed by atoms with E-state index in [1.165, 1.54) is 19.3 Å². The number of hydrogen-bond donors (Lipinski definition) is 0. The van der Waals surface area contributed by atoms with E-state index in [0.717, 1.165) is 5.92 Å². The average Bonchev–Trinajstić information content (AvgIpc) is 2.01. The Hall–Kier alpha value is -0.520. The lowest BCUT2D eigenvalue weighted by molar-refractivity contribution is 0.648. The molecule has 0 aromatic carbocycles. The van der Waals surface area contributed by atoms with Gasteiger partial charge in [0, 0.05) is 0 Å². The SMILES string of the molecule is CCCC1=C(C)CC(C)C(C)=C1. The van der Waals surface area contributed by atoms with Crippen molar-refractivity contribution in [1.82, 2.24) is 0 Å². The molecule has 0 fully saturated rings. The van der Waals surface area contributed by atoms with E-state index in [0.29, 0.717) is 0 Å². The molecule has 0 heteroatoms. The Morgan fingerprint density at radius 1 is 1.42 bits per heavy atom. The van der Waals surface area contributed by atoms with Crippen LogP contribution in [0.2, 0.25) is 0 Å². The van der Waals surface area contributed by atoms with Gasteiger partial charge >= 0.3 is 0 Å². The molecule has 0 heterocycles. The van der Waals surface area contributed by atoms with Crippen molar-refractivity contribution >= 4 is 0 Å². The summed E-state index contributed by atoms with van der Waals surface area (Å²) >= 11 is 0. The van der Waals surface area contributed by atoms with Gasteiger partial charge in [-0.2, -0.15) is 0 Å². The van der Waals surface area contributed by atoms with E-state index in [1.54, 1.807) is 16.7 Å². The molecule has 1 atom stereocenters. The zero-order valence-electron chi connectivity index (χ0n) is 8.78. The minimum atomic E-state index is 0.769. The molecule has 1 aliphatic carbocycles. The van der Waals surface area contributed by atoms with E-state index < -0.39 is 0 Å². The molecular weight excluding hydrogens is 144 g/mol. The molecule has 12 heavy (non-hydrogen) atoms. The summed E-state index contributed by atoms with van der Waals surface area (Å²) in [6, 6.07) is 0. The fraction of sp³-hybridized carbons (Fsp3) is 0.667. The van der Waals surface area contributed by atoms with E-state index >= 15 is 0 Å². The van der Waals surface area contributed by atoms with Crippen molar-refractivity contribution in [3.8, 4) is 0 Å². The largest absolute Gasteiger partial charge is 0.0699 e. The highest BCUT2D eigenvalue weighted by atomic mass is 14.2. The maximum Gasteiger partial charge on any atom is -0.0194 e. The van der Waals surface area contributed by atoms with Crippen LogP contribution in [0.3, 0.4) is 0 Å². The first-order valence-corrected chi connectivity index (χ1v) is 5.02. The Labute approximate surface area is 76.4 Å². The molecule has 0 aromatic heterocycles. The van der Waals surface area contributed by atoms with Crippen molar-refractivity contribution in [1.29, 1.82) is 0 Å². The van der Waals surface area contributed by atoms with Crippen LogP contribution < -0.4 is 0 Å². The number of rotatable bonds is 2. The molecule has 68 valence electrons. The van der Waals surface area contributed by atoms with Gasteiger partial charge in [0.25, 0.3) is 0 Å². The third-order valence-corrected chi connectivity index (χ3v) is 2.86. The summed E-state index contributed by atoms with van der Waals surface area (Å²) in [5, 5.41) is 0. The molecule has 0 nitrogen and oxygen atoms in total. The maximum absolute atomic E-state index is 2.40. The minimum absolute atomic E-state index is 0.769. The molecule has 0 N–H and O–H groups in total. The number of hydrogen-bond acceptors (Lipinski definition) is 0. The second kappa shape index (κ2) is 3.93. The van der Waals surface area contributed by atoms with Crippen LogP contribution in [0.15, 0.2) is 22.8 Å². The summed E-state index contributed by atoms with van der Waals surface area (Å²) in [5.74, 6) is 0.769. The van der Waals surface area contributed by atoms with Crippen LogP contribution in [0.25, 0.3) is 0 Å². The van der Waals surface area contributed by atoms with Crippen LogP contribution in [0.1, 0.15) is 47.0 Å². The summed E-state index contributed by atoms with van der Waals surface area (Å²) in [5.41, 5.74) is 4.76. The lowest BCUT2D eigenvalue weighted by atomic mass is 9.85. The van der Waals surface area contributed by atoms with Crippen molar-refractivity contribution in [3.63, 3.8) is 0 Å². The fourth-order valence-electron chi connectivity index (χ4n) is 1.85. The Morgan fingerprint density at radius 3 is 2.67 bits per heavy atom. The Balaban J connectivity index is 2.79. The van der Waals surface area contributed by atoms with Crippen molar-refractivity contribution in [2.45, 2.75) is 47.0 Å². The summed E-state index contributed by atoms with van der Waals surface area (Å²) in [7, 11) is 0. The fourth-order valence-corrected chi connectivity index (χ4v) is 1.85. The molecule has 0 bridgehead atoms. The summed E-state index contributed by atoms with van der Waals surface area (Å²) < 4.78 is 0. The van der Waals surface area contributed by atoms with Crippen LogP contribution in [-0.4, -0.2) is 0 Å². The first kappa shape index (κ1) is 9.57. The van der Waals surface area contributed by atoms with Crippen molar-refractivity contribution in [2.75, 3.05) is 0 Å². The summed E-state index contributed by atoms with van der Waals surface area (Å²) in [4.78, 5) is 0. The van der Waals surface area contributed by atoms with Crippen LogP contribution in [0.5, 0.6) is 0 Å². The molecule has 0 spiro atoms. The predicted octanol–water partition coefficient (Wildman–Crippen LogP) is 4.09. The van der Waals surface area contributed by atoms with E-state index in [1.807, 2.05) is 0 Å². The van der Waals surface area contributed by atoms with Gasteiger partial charge in [-0.3, -0.25) is 0 Å². The van der Waals surface area contributed by atoms with Crippen molar-refractivity contribution in [3.05, 3.63) is 22.8 Å². The molecule has 0 saturated heterocycles. The van der Waals surface area contributed by atoms with Gasteiger partial charge < -0.3 is 0 Å². The minimum Gasteiger partial charge on any atom is -0.0699 e. The molecule has 0 radical (unpaired) electrons. The van der Waals surface area contributed by atoms with Crippen LogP contribution in [-0.2, 0) is 0 Å². The normalized spacial score (nSPS) is 24.3.